The van der Waals surface area contributed by atoms with E-state index in [-0.39, 0.29) is 11.5 Å². The zero-order chi connectivity index (χ0) is 22.7. The molecule has 3 N–H and O–H groups in total. The van der Waals surface area contributed by atoms with E-state index in [1.807, 2.05) is 36.4 Å². The number of hydrogen-bond acceptors (Lipinski definition) is 7. The van der Waals surface area contributed by atoms with Crippen molar-refractivity contribution in [2.45, 2.75) is 19.3 Å². The van der Waals surface area contributed by atoms with Crippen molar-refractivity contribution in [3.8, 4) is 40.5 Å². The van der Waals surface area contributed by atoms with Crippen LogP contribution in [0.3, 0.4) is 0 Å². The number of ether oxygens (including phenoxy) is 4. The maximum absolute atomic E-state index is 9.92. The third kappa shape index (κ3) is 3.69. The van der Waals surface area contributed by atoms with Crippen molar-refractivity contribution in [3.63, 3.8) is 0 Å². The third-order valence-corrected chi connectivity index (χ3v) is 5.31. The van der Waals surface area contributed by atoms with Crippen molar-refractivity contribution in [2.75, 3.05) is 20.8 Å². The van der Waals surface area contributed by atoms with E-state index < -0.39 is 5.92 Å². The normalized spacial score (nSPS) is 14.9. The van der Waals surface area contributed by atoms with E-state index in [4.69, 9.17) is 24.7 Å². The summed E-state index contributed by atoms with van der Waals surface area (Å²) >= 11 is 0. The highest BCUT2D eigenvalue weighted by molar-refractivity contribution is 5.72. The summed E-state index contributed by atoms with van der Waals surface area (Å²) in [6.45, 7) is 2.71. The summed E-state index contributed by atoms with van der Waals surface area (Å²) < 4.78 is 22.3. The molecule has 0 unspecified atom stereocenters. The highest BCUT2D eigenvalue weighted by Crippen LogP contribution is 2.48. The highest BCUT2D eigenvalue weighted by Gasteiger charge is 2.37. The molecule has 2 aromatic carbocycles. The van der Waals surface area contributed by atoms with E-state index in [1.54, 1.807) is 20.3 Å². The van der Waals surface area contributed by atoms with E-state index in [9.17, 15) is 5.26 Å². The second kappa shape index (κ2) is 8.94. The molecule has 164 valence electrons. The van der Waals surface area contributed by atoms with Crippen LogP contribution in [0.2, 0.25) is 0 Å². The number of nitrogens with zero attached hydrogens (tertiary/aromatic N) is 2. The summed E-state index contributed by atoms with van der Waals surface area (Å²) in [7, 11) is 3.16. The number of nitrogens with one attached hydrogen (secondary N) is 1. The standard InChI is InChI=1S/C24H24N4O4/c1-4-11-31-15-7-5-14(6-8-15)22-21-20(17-10-9-16(29-2)12-19(17)30-3)18(13-25)23(26)32-24(21)28-27-22/h5-10,12,20H,4,11,26H2,1-3H3,(H,27,28)/t20-/m0/s1. The van der Waals surface area contributed by atoms with Crippen molar-refractivity contribution >= 4 is 0 Å². The van der Waals surface area contributed by atoms with Gasteiger partial charge in [0.15, 0.2) is 0 Å². The van der Waals surface area contributed by atoms with Gasteiger partial charge in [0.1, 0.15) is 28.9 Å². The summed E-state index contributed by atoms with van der Waals surface area (Å²) in [5, 5.41) is 17.3. The molecule has 1 aliphatic heterocycles. The Kier molecular flexibility index (Phi) is 5.90. The Morgan fingerprint density at radius 3 is 2.53 bits per heavy atom. The lowest BCUT2D eigenvalue weighted by atomic mass is 9.82. The number of aromatic amines is 1. The molecule has 8 nitrogen and oxygen atoms in total. The smallest absolute Gasteiger partial charge is 0.244 e. The van der Waals surface area contributed by atoms with E-state index in [0.29, 0.717) is 29.5 Å². The maximum atomic E-state index is 9.92. The molecule has 1 aromatic heterocycles. The average Bonchev–Trinajstić information content (AvgIpc) is 3.25. The van der Waals surface area contributed by atoms with Crippen molar-refractivity contribution in [2.24, 2.45) is 5.73 Å². The van der Waals surface area contributed by atoms with Gasteiger partial charge in [-0.15, -0.1) is 5.10 Å². The number of H-pyrrole nitrogens is 1. The quantitative estimate of drug-likeness (QED) is 0.577. The van der Waals surface area contributed by atoms with Crippen molar-refractivity contribution in [1.29, 1.82) is 5.26 Å². The zero-order valence-electron chi connectivity index (χ0n) is 18.1. The Labute approximate surface area is 186 Å². The van der Waals surface area contributed by atoms with Crippen molar-refractivity contribution in [3.05, 3.63) is 65.0 Å². The lowest BCUT2D eigenvalue weighted by Gasteiger charge is -2.25. The number of fused-ring (bicyclic) bond motifs is 1. The Bertz CT molecular complexity index is 1190. The number of hydrogen-bond donors (Lipinski definition) is 2. The fourth-order valence-corrected chi connectivity index (χ4v) is 3.77. The maximum Gasteiger partial charge on any atom is 0.244 e. The SMILES string of the molecule is CCCOc1ccc(-c2[nH]nc3c2[C@@H](c2ccc(OC)cc2OC)C(C#N)=C(N)O3)cc1. The average molecular weight is 432 g/mol. The molecule has 3 aromatic rings. The second-order valence-corrected chi connectivity index (χ2v) is 7.22. The lowest BCUT2D eigenvalue weighted by molar-refractivity contribution is 0.317. The Morgan fingerprint density at radius 2 is 1.88 bits per heavy atom. The fourth-order valence-electron chi connectivity index (χ4n) is 3.77. The molecular weight excluding hydrogens is 408 g/mol. The first-order valence-electron chi connectivity index (χ1n) is 10.2. The number of rotatable bonds is 7. The van der Waals surface area contributed by atoms with Gasteiger partial charge in [0.05, 0.1) is 38.0 Å². The number of benzene rings is 2. The van der Waals surface area contributed by atoms with Gasteiger partial charge in [-0.2, -0.15) is 5.26 Å². The molecule has 0 spiro atoms. The van der Waals surface area contributed by atoms with Crippen LogP contribution in [0.4, 0.5) is 0 Å². The molecule has 0 amide bonds. The number of allylic oxidation sites excluding steroid dienone is 1. The first kappa shape index (κ1) is 21.1. The minimum Gasteiger partial charge on any atom is -0.497 e. The summed E-state index contributed by atoms with van der Waals surface area (Å²) in [6, 6.07) is 15.3. The van der Waals surface area contributed by atoms with Gasteiger partial charge in [-0.1, -0.05) is 13.0 Å². The van der Waals surface area contributed by atoms with Crippen LogP contribution in [0, 0.1) is 11.3 Å². The van der Waals surface area contributed by atoms with Gasteiger partial charge in [0.25, 0.3) is 0 Å². The van der Waals surface area contributed by atoms with Crippen LogP contribution in [-0.2, 0) is 0 Å². The summed E-state index contributed by atoms with van der Waals surface area (Å²) in [5.74, 6) is 1.81. The number of methoxy groups -OCH3 is 2. The van der Waals surface area contributed by atoms with Crippen molar-refractivity contribution in [1.82, 2.24) is 10.2 Å². The van der Waals surface area contributed by atoms with Crippen LogP contribution < -0.4 is 24.7 Å². The fraction of sp³-hybridized carbons (Fsp3) is 0.250. The van der Waals surface area contributed by atoms with E-state index in [0.717, 1.165) is 29.0 Å². The molecule has 4 rings (SSSR count). The largest absolute Gasteiger partial charge is 0.497 e. The van der Waals surface area contributed by atoms with Gasteiger partial charge in [0, 0.05) is 17.2 Å². The number of nitriles is 1. The molecule has 0 saturated carbocycles. The topological polar surface area (TPSA) is 115 Å². The van der Waals surface area contributed by atoms with E-state index >= 15 is 0 Å². The summed E-state index contributed by atoms with van der Waals surface area (Å²) in [4.78, 5) is 0. The predicted molar refractivity (Wildman–Crippen MR) is 119 cm³/mol. The van der Waals surface area contributed by atoms with Crippen LogP contribution in [0.15, 0.2) is 53.9 Å². The number of aromatic nitrogens is 2. The summed E-state index contributed by atoms with van der Waals surface area (Å²) in [6.07, 6.45) is 0.934. The van der Waals surface area contributed by atoms with Crippen molar-refractivity contribution < 1.29 is 18.9 Å². The minimum atomic E-state index is -0.533. The molecular formula is C24H24N4O4. The Hall–Kier alpha value is -4.12. The molecule has 0 aliphatic carbocycles. The third-order valence-electron chi connectivity index (χ3n) is 5.31. The Balaban J connectivity index is 1.85. The van der Waals surface area contributed by atoms with Crippen LogP contribution in [0.5, 0.6) is 23.1 Å². The molecule has 32 heavy (non-hydrogen) atoms. The van der Waals surface area contributed by atoms with Gasteiger partial charge in [-0.3, -0.25) is 5.10 Å². The van der Waals surface area contributed by atoms with Gasteiger partial charge in [0.2, 0.25) is 11.8 Å². The number of nitrogens with two attached hydrogens (primary N) is 1. The molecule has 0 radical (unpaired) electrons. The molecule has 0 bridgehead atoms. The highest BCUT2D eigenvalue weighted by atomic mass is 16.5. The molecule has 1 aliphatic rings. The lowest BCUT2D eigenvalue weighted by Crippen LogP contribution is -2.21. The second-order valence-electron chi connectivity index (χ2n) is 7.22. The van der Waals surface area contributed by atoms with Crippen LogP contribution in [0.25, 0.3) is 11.3 Å². The molecule has 0 saturated heterocycles. The van der Waals surface area contributed by atoms with E-state index in [2.05, 4.69) is 23.2 Å². The monoisotopic (exact) mass is 432 g/mol. The zero-order valence-corrected chi connectivity index (χ0v) is 18.1. The minimum absolute atomic E-state index is 0.0178. The van der Waals surface area contributed by atoms with Gasteiger partial charge in [-0.05, 0) is 36.8 Å². The Morgan fingerprint density at radius 1 is 1.12 bits per heavy atom. The first-order chi connectivity index (χ1) is 15.6. The molecule has 0 fully saturated rings. The van der Waals surface area contributed by atoms with Crippen LogP contribution in [-0.4, -0.2) is 31.0 Å². The predicted octanol–water partition coefficient (Wildman–Crippen LogP) is 4.10. The van der Waals surface area contributed by atoms with Gasteiger partial charge in [-0.25, -0.2) is 0 Å². The first-order valence-corrected chi connectivity index (χ1v) is 10.2. The molecule has 1 atom stereocenters. The van der Waals surface area contributed by atoms with Crippen LogP contribution in [0.1, 0.15) is 30.4 Å². The van der Waals surface area contributed by atoms with Gasteiger partial charge < -0.3 is 24.7 Å². The molecule has 2 heterocycles. The summed E-state index contributed by atoms with van der Waals surface area (Å²) in [5.41, 5.74) is 9.44. The van der Waals surface area contributed by atoms with Crippen LogP contribution >= 0.6 is 0 Å². The van der Waals surface area contributed by atoms with Gasteiger partial charge >= 0.3 is 0 Å². The molecule has 8 heteroatoms. The van der Waals surface area contributed by atoms with E-state index in [1.165, 1.54) is 0 Å².